The molecule has 3 aromatic rings. The van der Waals surface area contributed by atoms with Crippen molar-refractivity contribution in [2.45, 2.75) is 6.92 Å². The van der Waals surface area contributed by atoms with Crippen LogP contribution in [-0.2, 0) is 0 Å². The van der Waals surface area contributed by atoms with Crippen molar-refractivity contribution in [2.75, 3.05) is 12.4 Å². The number of nitrogens with zero attached hydrogens (tertiary/aromatic N) is 4. The third-order valence-electron chi connectivity index (χ3n) is 2.91. The summed E-state index contributed by atoms with van der Waals surface area (Å²) in [6.07, 6.45) is 1.71. The van der Waals surface area contributed by atoms with Crippen LogP contribution in [0.5, 0.6) is 0 Å². The third-order valence-corrected chi connectivity index (χ3v) is 3.45. The smallest absolute Gasteiger partial charge is 0.168 e. The standard InChI is InChI=1S/C13H11Cl2N5/c1-7-18-12(16-2)9-6-17-20(13(9)19-7)11-4-3-8(14)5-10(11)15/h3-6H,1-2H3,(H,16,18,19). The molecule has 1 aromatic carbocycles. The van der Waals surface area contributed by atoms with Crippen LogP contribution < -0.4 is 5.32 Å². The van der Waals surface area contributed by atoms with E-state index in [1.54, 1.807) is 23.0 Å². The number of rotatable bonds is 2. The van der Waals surface area contributed by atoms with Gasteiger partial charge in [-0.05, 0) is 25.1 Å². The molecule has 0 aliphatic carbocycles. The lowest BCUT2D eigenvalue weighted by molar-refractivity contribution is 0.890. The number of hydrogen-bond donors (Lipinski definition) is 1. The van der Waals surface area contributed by atoms with E-state index in [1.165, 1.54) is 0 Å². The zero-order valence-corrected chi connectivity index (χ0v) is 12.4. The van der Waals surface area contributed by atoms with Crippen LogP contribution in [0.15, 0.2) is 24.4 Å². The Morgan fingerprint density at radius 3 is 2.70 bits per heavy atom. The van der Waals surface area contributed by atoms with E-state index in [0.717, 1.165) is 16.9 Å². The fourth-order valence-electron chi connectivity index (χ4n) is 2.04. The summed E-state index contributed by atoms with van der Waals surface area (Å²) in [4.78, 5) is 8.78. The van der Waals surface area contributed by atoms with E-state index in [1.807, 2.05) is 20.0 Å². The van der Waals surface area contributed by atoms with Crippen molar-refractivity contribution in [3.63, 3.8) is 0 Å². The Balaban J connectivity index is 2.29. The van der Waals surface area contributed by atoms with Crippen LogP contribution in [0, 0.1) is 6.92 Å². The molecule has 5 nitrogen and oxygen atoms in total. The first-order valence-electron chi connectivity index (χ1n) is 5.95. The summed E-state index contributed by atoms with van der Waals surface area (Å²) < 4.78 is 1.68. The minimum Gasteiger partial charge on any atom is -0.372 e. The fourth-order valence-corrected chi connectivity index (χ4v) is 2.53. The molecule has 0 atom stereocenters. The topological polar surface area (TPSA) is 55.6 Å². The third kappa shape index (κ3) is 2.09. The predicted octanol–water partition coefficient (Wildman–Crippen LogP) is 3.47. The molecule has 0 aliphatic rings. The molecule has 2 heterocycles. The molecule has 0 radical (unpaired) electrons. The molecule has 2 aromatic heterocycles. The first kappa shape index (κ1) is 13.1. The number of halogens is 2. The molecule has 1 N–H and O–H groups in total. The van der Waals surface area contributed by atoms with Gasteiger partial charge in [0.1, 0.15) is 11.6 Å². The van der Waals surface area contributed by atoms with Gasteiger partial charge in [0.2, 0.25) is 0 Å². The van der Waals surface area contributed by atoms with E-state index in [-0.39, 0.29) is 0 Å². The van der Waals surface area contributed by atoms with Crippen LogP contribution in [0.1, 0.15) is 5.82 Å². The second-order valence-electron chi connectivity index (χ2n) is 4.26. The zero-order valence-electron chi connectivity index (χ0n) is 10.9. The van der Waals surface area contributed by atoms with Crippen molar-refractivity contribution >= 4 is 40.1 Å². The van der Waals surface area contributed by atoms with Gasteiger partial charge in [0.25, 0.3) is 0 Å². The molecule has 3 rings (SSSR count). The molecule has 0 saturated heterocycles. The molecule has 7 heteroatoms. The van der Waals surface area contributed by atoms with Gasteiger partial charge in [-0.2, -0.15) is 5.10 Å². The molecule has 0 unspecified atom stereocenters. The highest BCUT2D eigenvalue weighted by Gasteiger charge is 2.13. The second kappa shape index (κ2) is 4.92. The average molecular weight is 308 g/mol. The molecule has 102 valence electrons. The number of anilines is 1. The van der Waals surface area contributed by atoms with Gasteiger partial charge in [-0.25, -0.2) is 14.6 Å². The van der Waals surface area contributed by atoms with Gasteiger partial charge in [-0.3, -0.25) is 0 Å². The summed E-state index contributed by atoms with van der Waals surface area (Å²) in [5.41, 5.74) is 1.43. The molecule has 20 heavy (non-hydrogen) atoms. The van der Waals surface area contributed by atoms with Crippen LogP contribution in [0.4, 0.5) is 5.82 Å². The average Bonchev–Trinajstić information content (AvgIpc) is 2.81. The van der Waals surface area contributed by atoms with Crippen molar-refractivity contribution in [3.8, 4) is 5.69 Å². The number of benzene rings is 1. The van der Waals surface area contributed by atoms with Gasteiger partial charge in [0, 0.05) is 12.1 Å². The lowest BCUT2D eigenvalue weighted by Gasteiger charge is -2.07. The van der Waals surface area contributed by atoms with E-state index in [0.29, 0.717) is 21.5 Å². The van der Waals surface area contributed by atoms with Gasteiger partial charge >= 0.3 is 0 Å². The Bertz CT molecular complexity index is 797. The van der Waals surface area contributed by atoms with Crippen molar-refractivity contribution in [3.05, 3.63) is 40.3 Å². The van der Waals surface area contributed by atoms with Gasteiger partial charge < -0.3 is 5.32 Å². The normalized spacial score (nSPS) is 11.0. The van der Waals surface area contributed by atoms with Crippen LogP contribution in [-0.4, -0.2) is 26.8 Å². The van der Waals surface area contributed by atoms with Crippen LogP contribution in [0.25, 0.3) is 16.7 Å². The molecular weight excluding hydrogens is 297 g/mol. The van der Waals surface area contributed by atoms with E-state index in [4.69, 9.17) is 23.2 Å². The quantitative estimate of drug-likeness (QED) is 0.787. The Kier molecular flexibility index (Phi) is 3.23. The molecule has 0 amide bonds. The van der Waals surface area contributed by atoms with Crippen molar-refractivity contribution in [2.24, 2.45) is 0 Å². The lowest BCUT2D eigenvalue weighted by Crippen LogP contribution is -2.02. The predicted molar refractivity (Wildman–Crippen MR) is 81.0 cm³/mol. The van der Waals surface area contributed by atoms with Crippen molar-refractivity contribution in [1.82, 2.24) is 19.7 Å². The largest absolute Gasteiger partial charge is 0.372 e. The van der Waals surface area contributed by atoms with E-state index in [2.05, 4.69) is 20.4 Å². The first-order valence-corrected chi connectivity index (χ1v) is 6.71. The summed E-state index contributed by atoms with van der Waals surface area (Å²) in [6.45, 7) is 1.83. The lowest BCUT2D eigenvalue weighted by atomic mass is 10.3. The summed E-state index contributed by atoms with van der Waals surface area (Å²) in [5.74, 6) is 1.40. The molecule has 0 spiro atoms. The fraction of sp³-hybridized carbons (Fsp3) is 0.154. The maximum Gasteiger partial charge on any atom is 0.168 e. The summed E-state index contributed by atoms with van der Waals surface area (Å²) in [5, 5.41) is 9.33. The van der Waals surface area contributed by atoms with E-state index >= 15 is 0 Å². The molecule has 0 bridgehead atoms. The Hall–Kier alpha value is -1.85. The van der Waals surface area contributed by atoms with Crippen molar-refractivity contribution in [1.29, 1.82) is 0 Å². The second-order valence-corrected chi connectivity index (χ2v) is 5.10. The highest BCUT2D eigenvalue weighted by Crippen LogP contribution is 2.28. The summed E-state index contributed by atoms with van der Waals surface area (Å²) in [6, 6.07) is 5.26. The highest BCUT2D eigenvalue weighted by molar-refractivity contribution is 6.35. The maximum atomic E-state index is 6.23. The SMILES string of the molecule is CNc1nc(C)nc2c1cnn2-c1ccc(Cl)cc1Cl. The Morgan fingerprint density at radius 1 is 1.20 bits per heavy atom. The van der Waals surface area contributed by atoms with Gasteiger partial charge in [-0.15, -0.1) is 0 Å². The van der Waals surface area contributed by atoms with E-state index in [9.17, 15) is 0 Å². The molecule has 0 fully saturated rings. The Morgan fingerprint density at radius 2 is 2.00 bits per heavy atom. The van der Waals surface area contributed by atoms with Gasteiger partial charge in [-0.1, -0.05) is 23.2 Å². The van der Waals surface area contributed by atoms with Crippen molar-refractivity contribution < 1.29 is 0 Å². The minimum absolute atomic E-state index is 0.518. The number of aryl methyl sites for hydroxylation is 1. The van der Waals surface area contributed by atoms with Gasteiger partial charge in [0.05, 0.1) is 22.3 Å². The molecular formula is C13H11Cl2N5. The summed E-state index contributed by atoms with van der Waals surface area (Å²) >= 11 is 12.2. The van der Waals surface area contributed by atoms with E-state index < -0.39 is 0 Å². The number of aromatic nitrogens is 4. The molecule has 0 aliphatic heterocycles. The first-order chi connectivity index (χ1) is 9.60. The minimum atomic E-state index is 0.518. The number of nitrogens with one attached hydrogen (secondary N) is 1. The monoisotopic (exact) mass is 307 g/mol. The highest BCUT2D eigenvalue weighted by atomic mass is 35.5. The Labute approximate surface area is 125 Å². The molecule has 0 saturated carbocycles. The van der Waals surface area contributed by atoms with Crippen LogP contribution in [0.2, 0.25) is 10.0 Å². The number of fused-ring (bicyclic) bond motifs is 1. The van der Waals surface area contributed by atoms with Crippen LogP contribution in [0.3, 0.4) is 0 Å². The van der Waals surface area contributed by atoms with Crippen LogP contribution >= 0.6 is 23.2 Å². The zero-order chi connectivity index (χ0) is 14.3. The number of hydrogen-bond acceptors (Lipinski definition) is 4. The maximum absolute atomic E-state index is 6.23. The van der Waals surface area contributed by atoms with Gasteiger partial charge in [0.15, 0.2) is 5.65 Å². The summed E-state index contributed by atoms with van der Waals surface area (Å²) in [7, 11) is 1.81.